The van der Waals surface area contributed by atoms with E-state index in [0.717, 1.165) is 43.8 Å². The Kier molecular flexibility index (Phi) is 5.23. The van der Waals surface area contributed by atoms with Crippen molar-refractivity contribution >= 4 is 23.6 Å². The molecule has 0 aliphatic carbocycles. The summed E-state index contributed by atoms with van der Waals surface area (Å²) in [5, 5.41) is 3.80. The van der Waals surface area contributed by atoms with Gasteiger partial charge in [-0.2, -0.15) is 0 Å². The van der Waals surface area contributed by atoms with Crippen LogP contribution in [0.25, 0.3) is 6.08 Å². The maximum Gasteiger partial charge on any atom is 0.250 e. The second kappa shape index (κ2) is 7.37. The van der Waals surface area contributed by atoms with E-state index in [4.69, 9.17) is 16.3 Å². The lowest BCUT2D eigenvalue weighted by Crippen LogP contribution is -2.45. The topological polar surface area (TPSA) is 41.6 Å². The first-order valence-electron chi connectivity index (χ1n) is 8.32. The number of ether oxygens (including phenoxy) is 1. The van der Waals surface area contributed by atoms with Crippen LogP contribution in [-0.4, -0.2) is 43.1 Å². The lowest BCUT2D eigenvalue weighted by molar-refractivity contribution is -0.118. The van der Waals surface area contributed by atoms with Crippen LogP contribution in [0.3, 0.4) is 0 Å². The minimum Gasteiger partial charge on any atom is -0.488 e. The van der Waals surface area contributed by atoms with Crippen molar-refractivity contribution in [2.24, 2.45) is 0 Å². The highest BCUT2D eigenvalue weighted by molar-refractivity contribution is 6.30. The van der Waals surface area contributed by atoms with Gasteiger partial charge >= 0.3 is 0 Å². The van der Waals surface area contributed by atoms with E-state index < -0.39 is 0 Å². The summed E-state index contributed by atoms with van der Waals surface area (Å²) in [6.07, 6.45) is 5.10. The Bertz CT molecular complexity index is 607. The molecule has 1 aromatic carbocycles. The Morgan fingerprint density at radius 1 is 1.39 bits per heavy atom. The summed E-state index contributed by atoms with van der Waals surface area (Å²) in [6.45, 7) is 5.79. The van der Waals surface area contributed by atoms with Gasteiger partial charge in [0, 0.05) is 29.7 Å². The van der Waals surface area contributed by atoms with Crippen LogP contribution >= 0.6 is 11.6 Å². The molecule has 0 spiro atoms. The minimum atomic E-state index is -0.0235. The van der Waals surface area contributed by atoms with Crippen LogP contribution in [0.2, 0.25) is 5.02 Å². The molecule has 2 aliphatic rings. The van der Waals surface area contributed by atoms with Crippen LogP contribution in [0, 0.1) is 0 Å². The third-order valence-corrected chi connectivity index (χ3v) is 4.67. The van der Waals surface area contributed by atoms with Crippen LogP contribution in [0.5, 0.6) is 5.75 Å². The largest absolute Gasteiger partial charge is 0.488 e. The quantitative estimate of drug-likeness (QED) is 0.920. The number of fused-ring (bicyclic) bond motifs is 1. The predicted molar refractivity (Wildman–Crippen MR) is 92.8 cm³/mol. The molecule has 1 aromatic rings. The summed E-state index contributed by atoms with van der Waals surface area (Å²) < 4.78 is 5.65. The highest BCUT2D eigenvalue weighted by Gasteiger charge is 2.23. The Hall–Kier alpha value is -1.52. The van der Waals surface area contributed by atoms with Gasteiger partial charge in [-0.3, -0.25) is 4.79 Å². The van der Waals surface area contributed by atoms with Crippen LogP contribution in [0.15, 0.2) is 23.8 Å². The first kappa shape index (κ1) is 16.3. The maximum absolute atomic E-state index is 12.5. The van der Waals surface area contributed by atoms with Crippen molar-refractivity contribution in [3.63, 3.8) is 0 Å². The lowest BCUT2D eigenvalue weighted by Gasteiger charge is -2.32. The number of likely N-dealkylation sites (tertiary alicyclic amines) is 1. The first-order chi connectivity index (χ1) is 11.2. The van der Waals surface area contributed by atoms with E-state index in [1.165, 1.54) is 6.42 Å². The van der Waals surface area contributed by atoms with Crippen molar-refractivity contribution in [2.75, 3.05) is 26.2 Å². The molecule has 3 rings (SSSR count). The van der Waals surface area contributed by atoms with Gasteiger partial charge in [0.25, 0.3) is 5.91 Å². The van der Waals surface area contributed by atoms with Crippen LogP contribution < -0.4 is 10.1 Å². The van der Waals surface area contributed by atoms with E-state index in [9.17, 15) is 4.79 Å². The van der Waals surface area contributed by atoms with Gasteiger partial charge in [-0.05, 0) is 50.1 Å². The predicted octanol–water partition coefficient (Wildman–Crippen LogP) is 3.11. The van der Waals surface area contributed by atoms with Gasteiger partial charge in [-0.25, -0.2) is 0 Å². The fourth-order valence-corrected chi connectivity index (χ4v) is 3.36. The number of piperidine rings is 1. The number of nitrogens with one attached hydrogen (secondary N) is 1. The van der Waals surface area contributed by atoms with Gasteiger partial charge in [0.15, 0.2) is 0 Å². The van der Waals surface area contributed by atoms with E-state index in [2.05, 4.69) is 17.1 Å². The molecule has 2 aliphatic heterocycles. The third kappa shape index (κ3) is 4.06. The second-order valence-corrected chi connectivity index (χ2v) is 6.67. The molecule has 2 heterocycles. The van der Waals surface area contributed by atoms with Crippen molar-refractivity contribution in [1.82, 2.24) is 10.2 Å². The number of hydrogen-bond acceptors (Lipinski definition) is 3. The molecular formula is C18H23ClN2O2. The number of halogens is 1. The zero-order valence-corrected chi connectivity index (χ0v) is 14.2. The monoisotopic (exact) mass is 334 g/mol. The number of benzene rings is 1. The summed E-state index contributed by atoms with van der Waals surface area (Å²) in [5.41, 5.74) is 1.53. The van der Waals surface area contributed by atoms with E-state index >= 15 is 0 Å². The van der Waals surface area contributed by atoms with Crippen molar-refractivity contribution in [3.8, 4) is 5.75 Å². The zero-order chi connectivity index (χ0) is 16.2. The van der Waals surface area contributed by atoms with Crippen LogP contribution in [0.4, 0.5) is 0 Å². The second-order valence-electron chi connectivity index (χ2n) is 6.23. The fourth-order valence-electron chi connectivity index (χ4n) is 3.17. The first-order valence-corrected chi connectivity index (χ1v) is 8.69. The lowest BCUT2D eigenvalue weighted by atomic mass is 10.0. The number of rotatable bonds is 4. The summed E-state index contributed by atoms with van der Waals surface area (Å²) in [6, 6.07) is 5.72. The molecule has 0 saturated carbocycles. The number of hydrogen-bond donors (Lipinski definition) is 1. The van der Waals surface area contributed by atoms with Gasteiger partial charge < -0.3 is 15.0 Å². The molecule has 1 saturated heterocycles. The molecule has 23 heavy (non-hydrogen) atoms. The van der Waals surface area contributed by atoms with Gasteiger partial charge in [-0.1, -0.05) is 18.5 Å². The van der Waals surface area contributed by atoms with Crippen LogP contribution in [-0.2, 0) is 4.79 Å². The molecule has 0 bridgehead atoms. The van der Waals surface area contributed by atoms with E-state index in [-0.39, 0.29) is 11.9 Å². The normalized spacial score (nSPS) is 18.8. The summed E-state index contributed by atoms with van der Waals surface area (Å²) in [5.74, 6) is 0.753. The smallest absolute Gasteiger partial charge is 0.250 e. The van der Waals surface area contributed by atoms with E-state index in [0.29, 0.717) is 17.2 Å². The van der Waals surface area contributed by atoms with Gasteiger partial charge in [-0.15, -0.1) is 0 Å². The standard InChI is InChI=1S/C18H23ClN2O2/c1-2-7-21-8-5-16(6-9-21)20-18(22)14-10-13-11-15(19)3-4-17(13)23-12-14/h3-4,10-11,16H,2,5-9,12H2,1H3,(H,20,22). The molecule has 124 valence electrons. The number of carbonyl (C=O) groups excluding carboxylic acids is 1. The molecule has 1 N–H and O–H groups in total. The van der Waals surface area contributed by atoms with Crippen molar-refractivity contribution in [1.29, 1.82) is 0 Å². The Morgan fingerprint density at radius 2 is 2.17 bits per heavy atom. The van der Waals surface area contributed by atoms with E-state index in [1.54, 1.807) is 6.07 Å². The molecule has 0 unspecified atom stereocenters. The van der Waals surface area contributed by atoms with Crippen LogP contribution in [0.1, 0.15) is 31.7 Å². The average Bonchev–Trinajstić information content (AvgIpc) is 2.56. The Balaban J connectivity index is 1.59. The van der Waals surface area contributed by atoms with E-state index in [1.807, 2.05) is 18.2 Å². The van der Waals surface area contributed by atoms with Crippen molar-refractivity contribution in [2.45, 2.75) is 32.2 Å². The number of amides is 1. The molecule has 4 nitrogen and oxygen atoms in total. The molecule has 5 heteroatoms. The molecular weight excluding hydrogens is 312 g/mol. The minimum absolute atomic E-state index is 0.0235. The van der Waals surface area contributed by atoms with Crippen molar-refractivity contribution < 1.29 is 9.53 Å². The maximum atomic E-state index is 12.5. The fraction of sp³-hybridized carbons (Fsp3) is 0.500. The van der Waals surface area contributed by atoms with Gasteiger partial charge in [0.05, 0.1) is 5.57 Å². The molecule has 1 fully saturated rings. The Morgan fingerprint density at radius 3 is 2.91 bits per heavy atom. The highest BCUT2D eigenvalue weighted by atomic mass is 35.5. The highest BCUT2D eigenvalue weighted by Crippen LogP contribution is 2.29. The number of nitrogens with zero attached hydrogens (tertiary/aromatic N) is 1. The Labute approximate surface area is 142 Å². The molecule has 1 amide bonds. The average molecular weight is 335 g/mol. The van der Waals surface area contributed by atoms with Crippen molar-refractivity contribution in [3.05, 3.63) is 34.4 Å². The molecule has 0 atom stereocenters. The molecule has 0 aromatic heterocycles. The van der Waals surface area contributed by atoms with Gasteiger partial charge in [0.1, 0.15) is 12.4 Å². The number of carbonyl (C=O) groups is 1. The zero-order valence-electron chi connectivity index (χ0n) is 13.5. The third-order valence-electron chi connectivity index (χ3n) is 4.44. The van der Waals surface area contributed by atoms with Gasteiger partial charge in [0.2, 0.25) is 0 Å². The summed E-state index contributed by atoms with van der Waals surface area (Å²) in [4.78, 5) is 14.9. The summed E-state index contributed by atoms with van der Waals surface area (Å²) >= 11 is 6.01. The summed E-state index contributed by atoms with van der Waals surface area (Å²) in [7, 11) is 0. The molecule has 0 radical (unpaired) electrons. The SMILES string of the molecule is CCCN1CCC(NC(=O)C2=Cc3cc(Cl)ccc3OC2)CC1.